The molecule has 18 heavy (non-hydrogen) atoms. The van der Waals surface area contributed by atoms with Crippen molar-refractivity contribution < 1.29 is 4.79 Å². The van der Waals surface area contributed by atoms with Crippen LogP contribution in [0.25, 0.3) is 6.08 Å². The van der Waals surface area contributed by atoms with Gasteiger partial charge in [-0.1, -0.05) is 51.1 Å². The summed E-state index contributed by atoms with van der Waals surface area (Å²) in [6, 6.07) is 10.2. The number of hydrogen-bond acceptors (Lipinski definition) is 1. The van der Waals surface area contributed by atoms with Crippen molar-refractivity contribution in [2.24, 2.45) is 17.8 Å². The van der Waals surface area contributed by atoms with Gasteiger partial charge in [0.05, 0.1) is 0 Å². The van der Waals surface area contributed by atoms with Crippen molar-refractivity contribution in [1.29, 1.82) is 0 Å². The van der Waals surface area contributed by atoms with E-state index in [0.29, 0.717) is 17.6 Å². The van der Waals surface area contributed by atoms with E-state index in [1.54, 1.807) is 0 Å². The van der Waals surface area contributed by atoms with E-state index in [1.807, 2.05) is 18.2 Å². The number of benzene rings is 1. The first-order valence-corrected chi connectivity index (χ1v) is 6.90. The highest BCUT2D eigenvalue weighted by Crippen LogP contribution is 2.35. The van der Waals surface area contributed by atoms with Crippen LogP contribution >= 0.6 is 0 Å². The summed E-state index contributed by atoms with van der Waals surface area (Å²) in [5.74, 6) is 1.43. The molecule has 0 amide bonds. The lowest BCUT2D eigenvalue weighted by atomic mass is 9.73. The Labute approximate surface area is 110 Å². The van der Waals surface area contributed by atoms with E-state index in [2.05, 4.69) is 39.0 Å². The third kappa shape index (κ3) is 2.72. The van der Waals surface area contributed by atoms with Gasteiger partial charge in [0.1, 0.15) is 0 Å². The molecule has 1 aromatic carbocycles. The van der Waals surface area contributed by atoms with Gasteiger partial charge >= 0.3 is 0 Å². The van der Waals surface area contributed by atoms with E-state index in [9.17, 15) is 4.79 Å². The van der Waals surface area contributed by atoms with Gasteiger partial charge in [0.25, 0.3) is 0 Å². The Hall–Kier alpha value is -1.37. The van der Waals surface area contributed by atoms with Gasteiger partial charge in [-0.2, -0.15) is 0 Å². The fourth-order valence-electron chi connectivity index (χ4n) is 2.75. The van der Waals surface area contributed by atoms with E-state index in [1.165, 1.54) is 0 Å². The van der Waals surface area contributed by atoms with Crippen LogP contribution in [0.2, 0.25) is 0 Å². The number of Topliss-reactive ketones (excluding diaryl/α,β-unsaturated/α-hetero) is 1. The molecule has 1 aliphatic rings. The zero-order valence-corrected chi connectivity index (χ0v) is 11.5. The van der Waals surface area contributed by atoms with Crippen LogP contribution in [0.1, 0.15) is 39.2 Å². The largest absolute Gasteiger partial charge is 0.294 e. The Bertz CT molecular complexity index is 442. The van der Waals surface area contributed by atoms with E-state index >= 15 is 0 Å². The number of rotatable bonds is 2. The normalized spacial score (nSPS) is 26.9. The van der Waals surface area contributed by atoms with Crippen LogP contribution in [0.4, 0.5) is 0 Å². The maximum Gasteiger partial charge on any atom is 0.162 e. The Morgan fingerprint density at radius 1 is 1.17 bits per heavy atom. The fraction of sp³-hybridized carbons (Fsp3) is 0.471. The molecule has 1 heteroatoms. The van der Waals surface area contributed by atoms with Crippen molar-refractivity contribution in [3.8, 4) is 0 Å². The minimum atomic E-state index is 0.219. The van der Waals surface area contributed by atoms with Crippen LogP contribution in [0.15, 0.2) is 35.9 Å². The lowest BCUT2D eigenvalue weighted by Gasteiger charge is -2.30. The molecule has 0 unspecified atom stereocenters. The summed E-state index contributed by atoms with van der Waals surface area (Å²) in [7, 11) is 0. The molecule has 2 rings (SSSR count). The molecule has 0 spiro atoms. The van der Waals surface area contributed by atoms with Gasteiger partial charge in [-0.3, -0.25) is 4.79 Å². The smallest absolute Gasteiger partial charge is 0.162 e. The summed E-state index contributed by atoms with van der Waals surface area (Å²) in [6.07, 6.45) is 4.26. The van der Waals surface area contributed by atoms with Crippen molar-refractivity contribution >= 4 is 11.9 Å². The summed E-state index contributed by atoms with van der Waals surface area (Å²) >= 11 is 0. The number of ketones is 1. The standard InChI is InChI=1S/C17H22O/c1-12(2)15-10-9-13(3)16(17(15)18)11-14-7-5-4-6-8-14/h4-8,11-13,15H,9-10H2,1-3H3/b16-11+/t13-,15+/m1/s1. The van der Waals surface area contributed by atoms with E-state index in [0.717, 1.165) is 24.0 Å². The Morgan fingerprint density at radius 3 is 2.44 bits per heavy atom. The molecule has 1 saturated carbocycles. The molecular weight excluding hydrogens is 220 g/mol. The van der Waals surface area contributed by atoms with Gasteiger partial charge in [0.2, 0.25) is 0 Å². The average Bonchev–Trinajstić information content (AvgIpc) is 2.35. The topological polar surface area (TPSA) is 17.1 Å². The molecule has 0 radical (unpaired) electrons. The highest BCUT2D eigenvalue weighted by molar-refractivity contribution is 6.02. The van der Waals surface area contributed by atoms with Gasteiger partial charge < -0.3 is 0 Å². The first-order valence-electron chi connectivity index (χ1n) is 6.90. The predicted molar refractivity (Wildman–Crippen MR) is 76.2 cm³/mol. The lowest BCUT2D eigenvalue weighted by molar-refractivity contribution is -0.122. The Kier molecular flexibility index (Phi) is 4.00. The maximum absolute atomic E-state index is 12.5. The second-order valence-corrected chi connectivity index (χ2v) is 5.70. The molecule has 0 N–H and O–H groups in total. The average molecular weight is 242 g/mol. The third-order valence-electron chi connectivity index (χ3n) is 3.99. The molecule has 0 aromatic heterocycles. The monoisotopic (exact) mass is 242 g/mol. The molecular formula is C17H22O. The molecule has 2 atom stereocenters. The number of allylic oxidation sites excluding steroid dienone is 1. The zero-order chi connectivity index (χ0) is 13.1. The second-order valence-electron chi connectivity index (χ2n) is 5.70. The molecule has 1 fully saturated rings. The van der Waals surface area contributed by atoms with Crippen LogP contribution < -0.4 is 0 Å². The maximum atomic E-state index is 12.5. The SMILES string of the molecule is CC(C)[C@@H]1CC[C@@H](C)/C(=C\c2ccccc2)C1=O. The molecule has 0 aliphatic heterocycles. The highest BCUT2D eigenvalue weighted by atomic mass is 16.1. The quantitative estimate of drug-likeness (QED) is 0.705. The zero-order valence-electron chi connectivity index (χ0n) is 11.5. The first kappa shape index (κ1) is 13.1. The van der Waals surface area contributed by atoms with E-state index < -0.39 is 0 Å². The molecule has 1 nitrogen and oxygen atoms in total. The lowest BCUT2D eigenvalue weighted by Crippen LogP contribution is -2.30. The van der Waals surface area contributed by atoms with Gasteiger partial charge in [-0.25, -0.2) is 0 Å². The van der Waals surface area contributed by atoms with E-state index in [-0.39, 0.29) is 5.92 Å². The van der Waals surface area contributed by atoms with Crippen molar-refractivity contribution in [2.75, 3.05) is 0 Å². The Morgan fingerprint density at radius 2 is 1.83 bits per heavy atom. The van der Waals surface area contributed by atoms with Crippen LogP contribution in [0.3, 0.4) is 0 Å². The summed E-state index contributed by atoms with van der Waals surface area (Å²) < 4.78 is 0. The van der Waals surface area contributed by atoms with Crippen LogP contribution in [-0.4, -0.2) is 5.78 Å². The minimum Gasteiger partial charge on any atom is -0.294 e. The number of carbonyl (C=O) groups is 1. The summed E-state index contributed by atoms with van der Waals surface area (Å²) in [6.45, 7) is 6.47. The molecule has 0 heterocycles. The predicted octanol–water partition coefficient (Wildman–Crippen LogP) is 4.34. The van der Waals surface area contributed by atoms with Crippen molar-refractivity contribution in [1.82, 2.24) is 0 Å². The summed E-state index contributed by atoms with van der Waals surface area (Å²) in [5, 5.41) is 0. The molecule has 0 saturated heterocycles. The summed E-state index contributed by atoms with van der Waals surface area (Å²) in [5.41, 5.74) is 2.16. The first-order chi connectivity index (χ1) is 8.59. The molecule has 96 valence electrons. The minimum absolute atomic E-state index is 0.219. The van der Waals surface area contributed by atoms with Crippen molar-refractivity contribution in [2.45, 2.75) is 33.6 Å². The second kappa shape index (κ2) is 5.51. The van der Waals surface area contributed by atoms with Crippen LogP contribution in [-0.2, 0) is 4.79 Å². The van der Waals surface area contributed by atoms with Gasteiger partial charge in [-0.05, 0) is 41.9 Å². The Balaban J connectivity index is 2.29. The van der Waals surface area contributed by atoms with Gasteiger partial charge in [0, 0.05) is 5.92 Å². The number of hydrogen-bond donors (Lipinski definition) is 0. The fourth-order valence-corrected chi connectivity index (χ4v) is 2.75. The molecule has 0 bridgehead atoms. The number of carbonyl (C=O) groups excluding carboxylic acids is 1. The molecule has 1 aliphatic carbocycles. The summed E-state index contributed by atoms with van der Waals surface area (Å²) in [4.78, 5) is 12.5. The van der Waals surface area contributed by atoms with E-state index in [4.69, 9.17) is 0 Å². The van der Waals surface area contributed by atoms with Crippen LogP contribution in [0, 0.1) is 17.8 Å². The third-order valence-corrected chi connectivity index (χ3v) is 3.99. The van der Waals surface area contributed by atoms with Gasteiger partial charge in [-0.15, -0.1) is 0 Å². The van der Waals surface area contributed by atoms with Crippen molar-refractivity contribution in [3.63, 3.8) is 0 Å². The molecule has 1 aromatic rings. The van der Waals surface area contributed by atoms with Crippen LogP contribution in [0.5, 0.6) is 0 Å². The highest BCUT2D eigenvalue weighted by Gasteiger charge is 2.32. The van der Waals surface area contributed by atoms with Gasteiger partial charge in [0.15, 0.2) is 5.78 Å². The van der Waals surface area contributed by atoms with Crippen molar-refractivity contribution in [3.05, 3.63) is 41.5 Å².